The van der Waals surface area contributed by atoms with E-state index in [1.54, 1.807) is 12.1 Å². The van der Waals surface area contributed by atoms with E-state index in [0.717, 1.165) is 12.0 Å². The molecule has 1 rings (SSSR count). The molecule has 0 aliphatic carbocycles. The number of phenols is 1. The zero-order chi connectivity index (χ0) is 9.84. The Labute approximate surface area is 78.1 Å². The minimum Gasteiger partial charge on any atom is -0.504 e. The predicted octanol–water partition coefficient (Wildman–Crippen LogP) is 2.07. The maximum absolute atomic E-state index is 9.46. The lowest BCUT2D eigenvalue weighted by Crippen LogP contribution is -1.99. The normalized spacial score (nSPS) is 10.0. The summed E-state index contributed by atoms with van der Waals surface area (Å²) < 4.78 is 5.37. The highest BCUT2D eigenvalue weighted by atomic mass is 16.5. The summed E-state index contributed by atoms with van der Waals surface area (Å²) in [6.45, 7) is 4.44. The van der Waals surface area contributed by atoms with E-state index in [9.17, 15) is 5.11 Å². The topological polar surface area (TPSA) is 55.5 Å². The predicted molar refractivity (Wildman–Crippen MR) is 53.0 cm³/mol. The summed E-state index contributed by atoms with van der Waals surface area (Å²) in [6.07, 6.45) is 0.910. The highest BCUT2D eigenvalue weighted by Gasteiger charge is 2.07. The lowest BCUT2D eigenvalue weighted by atomic mass is 10.1. The zero-order valence-corrected chi connectivity index (χ0v) is 8.00. The van der Waals surface area contributed by atoms with Gasteiger partial charge in [-0.15, -0.1) is 0 Å². The molecule has 0 unspecified atom stereocenters. The molecule has 1 aromatic rings. The monoisotopic (exact) mass is 181 g/mol. The van der Waals surface area contributed by atoms with Crippen LogP contribution in [0.3, 0.4) is 0 Å². The van der Waals surface area contributed by atoms with Gasteiger partial charge in [0.25, 0.3) is 0 Å². The summed E-state index contributed by atoms with van der Waals surface area (Å²) in [5.41, 5.74) is 7.11. The Morgan fingerprint density at radius 3 is 2.77 bits per heavy atom. The number of anilines is 1. The number of hydrogen-bond donors (Lipinski definition) is 2. The van der Waals surface area contributed by atoms with Crippen LogP contribution in [0.2, 0.25) is 0 Å². The molecule has 0 amide bonds. The second kappa shape index (κ2) is 4.03. The van der Waals surface area contributed by atoms with Gasteiger partial charge in [-0.2, -0.15) is 0 Å². The third-order valence-electron chi connectivity index (χ3n) is 1.88. The average molecular weight is 181 g/mol. The Morgan fingerprint density at radius 1 is 1.46 bits per heavy atom. The summed E-state index contributed by atoms with van der Waals surface area (Å²) in [4.78, 5) is 0. The number of nitrogens with two attached hydrogens (primary N) is 1. The first-order valence-electron chi connectivity index (χ1n) is 4.37. The zero-order valence-electron chi connectivity index (χ0n) is 8.00. The van der Waals surface area contributed by atoms with Crippen LogP contribution in [-0.2, 0) is 0 Å². The van der Waals surface area contributed by atoms with Crippen LogP contribution in [-0.4, -0.2) is 11.7 Å². The Kier molecular flexibility index (Phi) is 3.01. The van der Waals surface area contributed by atoms with Gasteiger partial charge in [0.15, 0.2) is 11.5 Å². The summed E-state index contributed by atoms with van der Waals surface area (Å²) in [6, 6.07) is 3.22. The van der Waals surface area contributed by atoms with Crippen LogP contribution in [0, 0.1) is 6.92 Å². The van der Waals surface area contributed by atoms with Gasteiger partial charge in [-0.25, -0.2) is 0 Å². The number of rotatable bonds is 3. The fourth-order valence-electron chi connectivity index (χ4n) is 1.08. The molecule has 0 heterocycles. The van der Waals surface area contributed by atoms with Crippen molar-refractivity contribution in [2.24, 2.45) is 0 Å². The van der Waals surface area contributed by atoms with Crippen molar-refractivity contribution in [2.75, 3.05) is 12.3 Å². The summed E-state index contributed by atoms with van der Waals surface area (Å²) in [5.74, 6) is 0.655. The van der Waals surface area contributed by atoms with Crippen molar-refractivity contribution in [3.8, 4) is 11.5 Å². The van der Waals surface area contributed by atoms with Crippen molar-refractivity contribution in [1.82, 2.24) is 0 Å². The van der Waals surface area contributed by atoms with E-state index in [-0.39, 0.29) is 5.75 Å². The first-order valence-corrected chi connectivity index (χ1v) is 4.37. The summed E-state index contributed by atoms with van der Waals surface area (Å²) in [5, 5.41) is 9.46. The van der Waals surface area contributed by atoms with Gasteiger partial charge >= 0.3 is 0 Å². The van der Waals surface area contributed by atoms with Crippen molar-refractivity contribution in [3.63, 3.8) is 0 Å². The number of phenolic OH excluding ortho intramolecular Hbond substituents is 1. The Bertz CT molecular complexity index is 297. The van der Waals surface area contributed by atoms with Crippen LogP contribution in [0.1, 0.15) is 18.9 Å². The van der Waals surface area contributed by atoms with E-state index in [0.29, 0.717) is 18.0 Å². The molecule has 0 saturated heterocycles. The molecule has 0 bridgehead atoms. The fourth-order valence-corrected chi connectivity index (χ4v) is 1.08. The largest absolute Gasteiger partial charge is 0.504 e. The molecule has 0 aliphatic heterocycles. The fraction of sp³-hybridized carbons (Fsp3) is 0.400. The highest BCUT2D eigenvalue weighted by molar-refractivity contribution is 5.59. The standard InChI is InChI=1S/C10H15NO2/c1-3-6-13-10-7(2)8(11)4-5-9(10)12/h4-5,12H,3,6,11H2,1-2H3. The number of benzene rings is 1. The van der Waals surface area contributed by atoms with Gasteiger partial charge in [0.05, 0.1) is 6.61 Å². The number of ether oxygens (including phenoxy) is 1. The molecule has 13 heavy (non-hydrogen) atoms. The van der Waals surface area contributed by atoms with E-state index >= 15 is 0 Å². The molecule has 3 N–H and O–H groups in total. The Hall–Kier alpha value is -1.38. The molecule has 1 aromatic carbocycles. The molecule has 0 radical (unpaired) electrons. The van der Waals surface area contributed by atoms with Crippen LogP contribution < -0.4 is 10.5 Å². The summed E-state index contributed by atoms with van der Waals surface area (Å²) >= 11 is 0. The SMILES string of the molecule is CCCOc1c(O)ccc(N)c1C. The second-order valence-corrected chi connectivity index (χ2v) is 2.98. The van der Waals surface area contributed by atoms with Gasteiger partial charge in [0.1, 0.15) is 0 Å². The molecule has 0 aliphatic rings. The maximum Gasteiger partial charge on any atom is 0.165 e. The average Bonchev–Trinajstić information content (AvgIpc) is 2.12. The highest BCUT2D eigenvalue weighted by Crippen LogP contribution is 2.33. The smallest absolute Gasteiger partial charge is 0.165 e. The maximum atomic E-state index is 9.46. The van der Waals surface area contributed by atoms with E-state index in [1.807, 2.05) is 13.8 Å². The van der Waals surface area contributed by atoms with Crippen molar-refractivity contribution in [2.45, 2.75) is 20.3 Å². The number of hydrogen-bond acceptors (Lipinski definition) is 3. The van der Waals surface area contributed by atoms with E-state index in [1.165, 1.54) is 0 Å². The van der Waals surface area contributed by atoms with Crippen LogP contribution >= 0.6 is 0 Å². The first-order chi connectivity index (χ1) is 6.16. The minimum absolute atomic E-state index is 0.153. The Morgan fingerprint density at radius 2 is 2.15 bits per heavy atom. The molecule has 72 valence electrons. The van der Waals surface area contributed by atoms with Gasteiger partial charge in [-0.05, 0) is 25.5 Å². The van der Waals surface area contributed by atoms with E-state index in [4.69, 9.17) is 10.5 Å². The number of nitrogen functional groups attached to an aromatic ring is 1. The van der Waals surface area contributed by atoms with Crippen molar-refractivity contribution >= 4 is 5.69 Å². The molecular formula is C10H15NO2. The molecular weight excluding hydrogens is 166 g/mol. The van der Waals surface area contributed by atoms with Crippen LogP contribution in [0.15, 0.2) is 12.1 Å². The van der Waals surface area contributed by atoms with Crippen molar-refractivity contribution in [1.29, 1.82) is 0 Å². The lowest BCUT2D eigenvalue weighted by Gasteiger charge is -2.11. The van der Waals surface area contributed by atoms with Crippen molar-refractivity contribution in [3.05, 3.63) is 17.7 Å². The van der Waals surface area contributed by atoms with Crippen LogP contribution in [0.5, 0.6) is 11.5 Å². The summed E-state index contributed by atoms with van der Waals surface area (Å²) in [7, 11) is 0. The third-order valence-corrected chi connectivity index (χ3v) is 1.88. The molecule has 0 atom stereocenters. The molecule has 3 heteroatoms. The lowest BCUT2D eigenvalue weighted by molar-refractivity contribution is 0.297. The quantitative estimate of drug-likeness (QED) is 0.554. The molecule has 0 fully saturated rings. The van der Waals surface area contributed by atoms with Gasteiger partial charge in [-0.1, -0.05) is 6.92 Å². The first kappa shape index (κ1) is 9.71. The molecule has 0 spiro atoms. The van der Waals surface area contributed by atoms with Crippen molar-refractivity contribution < 1.29 is 9.84 Å². The van der Waals surface area contributed by atoms with Gasteiger partial charge in [-0.3, -0.25) is 0 Å². The second-order valence-electron chi connectivity index (χ2n) is 2.98. The Balaban J connectivity index is 2.96. The minimum atomic E-state index is 0.153. The molecule has 0 saturated carbocycles. The number of aromatic hydroxyl groups is 1. The van der Waals surface area contributed by atoms with Gasteiger partial charge < -0.3 is 15.6 Å². The molecule has 0 aromatic heterocycles. The van der Waals surface area contributed by atoms with E-state index in [2.05, 4.69) is 0 Å². The van der Waals surface area contributed by atoms with Crippen LogP contribution in [0.25, 0.3) is 0 Å². The van der Waals surface area contributed by atoms with Gasteiger partial charge in [0, 0.05) is 11.3 Å². The van der Waals surface area contributed by atoms with E-state index < -0.39 is 0 Å². The third kappa shape index (κ3) is 2.05. The molecule has 3 nitrogen and oxygen atoms in total. The van der Waals surface area contributed by atoms with Crippen LogP contribution in [0.4, 0.5) is 5.69 Å². The van der Waals surface area contributed by atoms with Gasteiger partial charge in [0.2, 0.25) is 0 Å².